The maximum atomic E-state index is 12.3. The van der Waals surface area contributed by atoms with Crippen LogP contribution >= 0.6 is 0 Å². The second-order valence-electron chi connectivity index (χ2n) is 5.76. The molecule has 0 atom stereocenters. The summed E-state index contributed by atoms with van der Waals surface area (Å²) in [5.74, 6) is 0.590. The third-order valence-electron chi connectivity index (χ3n) is 3.81. The van der Waals surface area contributed by atoms with Gasteiger partial charge in [-0.2, -0.15) is 0 Å². The van der Waals surface area contributed by atoms with E-state index in [2.05, 4.69) is 10.3 Å². The van der Waals surface area contributed by atoms with Crippen molar-refractivity contribution in [3.05, 3.63) is 48.3 Å². The number of amides is 1. The predicted octanol–water partition coefficient (Wildman–Crippen LogP) is 1.57. The molecular weight excluding hydrogens is 370 g/mol. The molecular formula is C18H23N3O5S. The number of anilines is 1. The average molecular weight is 393 g/mol. The molecule has 1 aromatic carbocycles. The number of carbonyl (C=O) groups excluding carboxylic acids is 1. The lowest BCUT2D eigenvalue weighted by molar-refractivity contribution is -0.121. The molecule has 146 valence electrons. The fourth-order valence-electron chi connectivity index (χ4n) is 2.45. The Morgan fingerprint density at radius 2 is 2.00 bits per heavy atom. The molecule has 1 N–H and O–H groups in total. The fraction of sp³-hybridized carbons (Fsp3) is 0.333. The molecule has 0 saturated carbocycles. The zero-order valence-corrected chi connectivity index (χ0v) is 16.3. The first-order valence-corrected chi connectivity index (χ1v) is 10.1. The zero-order valence-electron chi connectivity index (χ0n) is 15.5. The highest BCUT2D eigenvalue weighted by molar-refractivity contribution is 7.92. The van der Waals surface area contributed by atoms with Gasteiger partial charge in [0.05, 0.1) is 26.2 Å². The van der Waals surface area contributed by atoms with Gasteiger partial charge < -0.3 is 14.8 Å². The number of ether oxygens (including phenoxy) is 2. The van der Waals surface area contributed by atoms with Gasteiger partial charge in [0.2, 0.25) is 15.9 Å². The molecule has 0 unspecified atom stereocenters. The van der Waals surface area contributed by atoms with Crippen molar-refractivity contribution in [1.29, 1.82) is 0 Å². The van der Waals surface area contributed by atoms with E-state index < -0.39 is 10.0 Å². The molecule has 0 aliphatic heterocycles. The topological polar surface area (TPSA) is 97.8 Å². The number of hydrogen-bond donors (Lipinski definition) is 1. The molecule has 2 rings (SSSR count). The van der Waals surface area contributed by atoms with E-state index in [1.165, 1.54) is 14.2 Å². The summed E-state index contributed by atoms with van der Waals surface area (Å²) in [5, 5.41) is 2.75. The number of aromatic nitrogens is 1. The molecule has 0 aliphatic carbocycles. The third-order valence-corrected chi connectivity index (χ3v) is 4.99. The highest BCUT2D eigenvalue weighted by Crippen LogP contribution is 2.33. The maximum absolute atomic E-state index is 12.3. The summed E-state index contributed by atoms with van der Waals surface area (Å²) in [7, 11) is -0.691. The summed E-state index contributed by atoms with van der Waals surface area (Å²) in [6, 6.07) is 8.48. The Morgan fingerprint density at radius 3 is 2.59 bits per heavy atom. The van der Waals surface area contributed by atoms with E-state index in [1.54, 1.807) is 36.7 Å². The minimum Gasteiger partial charge on any atom is -0.497 e. The highest BCUT2D eigenvalue weighted by atomic mass is 32.2. The van der Waals surface area contributed by atoms with Gasteiger partial charge in [-0.05, 0) is 23.8 Å². The van der Waals surface area contributed by atoms with Gasteiger partial charge in [0.25, 0.3) is 0 Å². The SMILES string of the molecule is COc1ccc(OC)c(N(CCC(=O)NCc2cccnc2)S(C)(=O)=O)c1. The molecule has 2 aromatic rings. The van der Waals surface area contributed by atoms with Crippen LogP contribution in [0.3, 0.4) is 0 Å². The van der Waals surface area contributed by atoms with Crippen LogP contribution in [-0.4, -0.2) is 46.3 Å². The van der Waals surface area contributed by atoms with Crippen LogP contribution in [-0.2, 0) is 21.4 Å². The summed E-state index contributed by atoms with van der Waals surface area (Å²) in [4.78, 5) is 16.1. The third kappa shape index (κ3) is 5.85. The Hall–Kier alpha value is -2.81. The van der Waals surface area contributed by atoms with E-state index >= 15 is 0 Å². The molecule has 0 aliphatic rings. The first kappa shape index (κ1) is 20.5. The Labute approximate surface area is 159 Å². The zero-order chi connectivity index (χ0) is 19.9. The van der Waals surface area contributed by atoms with E-state index in [1.807, 2.05) is 6.07 Å². The largest absolute Gasteiger partial charge is 0.497 e. The number of hydrogen-bond acceptors (Lipinski definition) is 6. The second-order valence-corrected chi connectivity index (χ2v) is 7.67. The van der Waals surface area contributed by atoms with Crippen molar-refractivity contribution in [2.75, 3.05) is 31.3 Å². The Bertz CT molecular complexity index is 872. The molecule has 0 fully saturated rings. The van der Waals surface area contributed by atoms with Gasteiger partial charge in [0.1, 0.15) is 11.5 Å². The number of benzene rings is 1. The van der Waals surface area contributed by atoms with Gasteiger partial charge in [-0.25, -0.2) is 8.42 Å². The van der Waals surface area contributed by atoms with E-state index in [0.29, 0.717) is 23.7 Å². The monoisotopic (exact) mass is 393 g/mol. The molecule has 0 saturated heterocycles. The van der Waals surface area contributed by atoms with E-state index in [4.69, 9.17) is 9.47 Å². The minimum atomic E-state index is -3.63. The molecule has 1 aromatic heterocycles. The van der Waals surface area contributed by atoms with Crippen molar-refractivity contribution < 1.29 is 22.7 Å². The normalized spacial score (nSPS) is 10.9. The lowest BCUT2D eigenvalue weighted by atomic mass is 10.2. The van der Waals surface area contributed by atoms with Crippen molar-refractivity contribution in [1.82, 2.24) is 10.3 Å². The Balaban J connectivity index is 2.11. The molecule has 8 nitrogen and oxygen atoms in total. The van der Waals surface area contributed by atoms with Crippen LogP contribution in [0.4, 0.5) is 5.69 Å². The molecule has 0 bridgehead atoms. The minimum absolute atomic E-state index is 0.00625. The number of rotatable bonds is 9. The lowest BCUT2D eigenvalue weighted by Gasteiger charge is -2.24. The molecule has 0 spiro atoms. The average Bonchev–Trinajstić information content (AvgIpc) is 2.66. The quantitative estimate of drug-likeness (QED) is 0.694. The van der Waals surface area contributed by atoms with E-state index in [0.717, 1.165) is 16.1 Å². The molecule has 0 radical (unpaired) electrons. The van der Waals surface area contributed by atoms with Crippen LogP contribution < -0.4 is 19.1 Å². The van der Waals surface area contributed by atoms with Crippen molar-refractivity contribution >= 4 is 21.6 Å². The Kier molecular flexibility index (Phi) is 7.00. The summed E-state index contributed by atoms with van der Waals surface area (Å²) in [6.07, 6.45) is 4.38. The maximum Gasteiger partial charge on any atom is 0.232 e. The van der Waals surface area contributed by atoms with Gasteiger partial charge in [-0.1, -0.05) is 6.07 Å². The number of nitrogens with zero attached hydrogens (tertiary/aromatic N) is 2. The second kappa shape index (κ2) is 9.22. The van der Waals surface area contributed by atoms with Crippen molar-refractivity contribution in [3.8, 4) is 11.5 Å². The van der Waals surface area contributed by atoms with Gasteiger partial charge >= 0.3 is 0 Å². The van der Waals surface area contributed by atoms with Crippen LogP contribution in [0.2, 0.25) is 0 Å². The van der Waals surface area contributed by atoms with E-state index in [-0.39, 0.29) is 18.9 Å². The van der Waals surface area contributed by atoms with Crippen molar-refractivity contribution in [2.45, 2.75) is 13.0 Å². The summed E-state index contributed by atoms with van der Waals surface area (Å²) >= 11 is 0. The van der Waals surface area contributed by atoms with Crippen LogP contribution in [0.1, 0.15) is 12.0 Å². The molecule has 1 amide bonds. The van der Waals surface area contributed by atoms with Crippen LogP contribution in [0.5, 0.6) is 11.5 Å². The van der Waals surface area contributed by atoms with Crippen molar-refractivity contribution in [3.63, 3.8) is 0 Å². The number of sulfonamides is 1. The van der Waals surface area contributed by atoms with Gasteiger partial charge in [0.15, 0.2) is 0 Å². The van der Waals surface area contributed by atoms with Crippen molar-refractivity contribution in [2.24, 2.45) is 0 Å². The van der Waals surface area contributed by atoms with Crippen LogP contribution in [0.15, 0.2) is 42.7 Å². The van der Waals surface area contributed by atoms with Gasteiger partial charge in [-0.15, -0.1) is 0 Å². The fourth-order valence-corrected chi connectivity index (χ4v) is 3.37. The number of nitrogens with one attached hydrogen (secondary N) is 1. The van der Waals surface area contributed by atoms with Gasteiger partial charge in [-0.3, -0.25) is 14.1 Å². The van der Waals surface area contributed by atoms with E-state index in [9.17, 15) is 13.2 Å². The number of carbonyl (C=O) groups is 1. The Morgan fingerprint density at radius 1 is 1.22 bits per heavy atom. The molecule has 1 heterocycles. The summed E-state index contributed by atoms with van der Waals surface area (Å²) in [5.41, 5.74) is 1.18. The smallest absolute Gasteiger partial charge is 0.232 e. The molecule has 9 heteroatoms. The summed E-state index contributed by atoms with van der Waals surface area (Å²) in [6.45, 7) is 0.301. The summed E-state index contributed by atoms with van der Waals surface area (Å²) < 4.78 is 36.1. The first-order valence-electron chi connectivity index (χ1n) is 8.20. The lowest BCUT2D eigenvalue weighted by Crippen LogP contribution is -2.34. The molecule has 27 heavy (non-hydrogen) atoms. The first-order chi connectivity index (χ1) is 12.8. The highest BCUT2D eigenvalue weighted by Gasteiger charge is 2.22. The standard InChI is InChI=1S/C18H23N3O5S/c1-25-15-6-7-17(26-2)16(11-15)21(27(3,23)24)10-8-18(22)20-13-14-5-4-9-19-12-14/h4-7,9,11-12H,8,10,13H2,1-3H3,(H,20,22). The predicted molar refractivity (Wildman–Crippen MR) is 102 cm³/mol. The van der Waals surface area contributed by atoms with Gasteiger partial charge in [0, 0.05) is 38.0 Å². The van der Waals surface area contributed by atoms with Crippen LogP contribution in [0.25, 0.3) is 0 Å². The van der Waals surface area contributed by atoms with Crippen LogP contribution in [0, 0.1) is 0 Å². The number of methoxy groups -OCH3 is 2. The number of pyridine rings is 1.